The number of ether oxygens (including phenoxy) is 1. The van der Waals surface area contributed by atoms with E-state index in [1.165, 1.54) is 25.7 Å². The Morgan fingerprint density at radius 3 is 2.45 bits per heavy atom. The molecule has 2 nitrogen and oxygen atoms in total. The van der Waals surface area contributed by atoms with Gasteiger partial charge in [0.1, 0.15) is 0 Å². The second kappa shape index (κ2) is 3.11. The minimum Gasteiger partial charge on any atom is -0.378 e. The van der Waals surface area contributed by atoms with E-state index in [1.54, 1.807) is 0 Å². The summed E-state index contributed by atoms with van der Waals surface area (Å²) in [5, 5.41) is 0. The molecule has 1 aliphatic carbocycles. The maximum absolute atomic E-state index is 5.56. The summed E-state index contributed by atoms with van der Waals surface area (Å²) in [5.74, 6) is 1.76. The lowest BCUT2D eigenvalue weighted by molar-refractivity contribution is -0.0911. The average Bonchev–Trinajstić information content (AvgIpc) is 2.63. The fourth-order valence-electron chi connectivity index (χ4n) is 2.03. The van der Waals surface area contributed by atoms with Gasteiger partial charge in [-0.05, 0) is 44.1 Å². The van der Waals surface area contributed by atoms with Crippen molar-refractivity contribution in [3.63, 3.8) is 0 Å². The molecule has 0 radical (unpaired) electrons. The Morgan fingerprint density at radius 2 is 2.09 bits per heavy atom. The Balaban J connectivity index is 1.81. The molecule has 0 bridgehead atoms. The van der Waals surface area contributed by atoms with E-state index in [0.717, 1.165) is 25.0 Å². The van der Waals surface area contributed by atoms with Gasteiger partial charge in [0.15, 0.2) is 0 Å². The van der Waals surface area contributed by atoms with Gasteiger partial charge in [-0.1, -0.05) is 0 Å². The van der Waals surface area contributed by atoms with E-state index in [2.05, 4.69) is 0 Å². The lowest BCUT2D eigenvalue weighted by Crippen LogP contribution is -2.36. The third-order valence-electron chi connectivity index (χ3n) is 2.94. The zero-order chi connectivity index (χ0) is 7.68. The van der Waals surface area contributed by atoms with E-state index in [-0.39, 0.29) is 0 Å². The van der Waals surface area contributed by atoms with Gasteiger partial charge in [-0.2, -0.15) is 0 Å². The predicted molar refractivity (Wildman–Crippen MR) is 44.2 cm³/mol. The third kappa shape index (κ3) is 1.57. The highest BCUT2D eigenvalue weighted by Crippen LogP contribution is 2.43. The Morgan fingerprint density at radius 1 is 1.36 bits per heavy atom. The summed E-state index contributed by atoms with van der Waals surface area (Å²) in [7, 11) is 0. The van der Waals surface area contributed by atoms with E-state index in [4.69, 9.17) is 10.5 Å². The molecule has 1 saturated carbocycles. The van der Waals surface area contributed by atoms with Gasteiger partial charge in [0.25, 0.3) is 0 Å². The zero-order valence-electron chi connectivity index (χ0n) is 6.96. The van der Waals surface area contributed by atoms with E-state index in [9.17, 15) is 0 Å². The van der Waals surface area contributed by atoms with Crippen molar-refractivity contribution in [3.8, 4) is 0 Å². The lowest BCUT2D eigenvalue weighted by Gasteiger charge is -2.34. The molecule has 2 unspecified atom stereocenters. The number of hydrogen-bond donors (Lipinski definition) is 1. The van der Waals surface area contributed by atoms with Crippen molar-refractivity contribution in [2.75, 3.05) is 13.2 Å². The first kappa shape index (κ1) is 7.56. The molecule has 0 aromatic heterocycles. The normalized spacial score (nSPS) is 33.0. The molecule has 1 saturated heterocycles. The molecule has 1 heterocycles. The molecule has 64 valence electrons. The summed E-state index contributed by atoms with van der Waals surface area (Å²) in [4.78, 5) is 0. The number of rotatable bonds is 4. The van der Waals surface area contributed by atoms with Gasteiger partial charge in [0.05, 0.1) is 6.10 Å². The second-order valence-corrected chi connectivity index (χ2v) is 3.78. The smallest absolute Gasteiger partial charge is 0.0628 e. The lowest BCUT2D eigenvalue weighted by atomic mass is 9.89. The van der Waals surface area contributed by atoms with E-state index in [0.29, 0.717) is 6.10 Å². The third-order valence-corrected chi connectivity index (χ3v) is 2.94. The molecule has 11 heavy (non-hydrogen) atoms. The van der Waals surface area contributed by atoms with Crippen LogP contribution in [0.4, 0.5) is 0 Å². The summed E-state index contributed by atoms with van der Waals surface area (Å²) < 4.78 is 5.49. The SMILES string of the molecule is NCCC(C1CC1)C1CCO1. The first-order valence-electron chi connectivity index (χ1n) is 4.73. The van der Waals surface area contributed by atoms with Gasteiger partial charge in [0, 0.05) is 6.61 Å². The van der Waals surface area contributed by atoms with Gasteiger partial charge < -0.3 is 10.5 Å². The molecule has 2 fully saturated rings. The Kier molecular flexibility index (Phi) is 2.14. The Labute approximate surface area is 68.1 Å². The molecule has 1 aliphatic heterocycles. The van der Waals surface area contributed by atoms with Crippen LogP contribution in [0.25, 0.3) is 0 Å². The predicted octanol–water partition coefficient (Wildman–Crippen LogP) is 1.15. The maximum atomic E-state index is 5.56. The van der Waals surface area contributed by atoms with E-state index in [1.807, 2.05) is 0 Å². The zero-order valence-corrected chi connectivity index (χ0v) is 6.96. The summed E-state index contributed by atoms with van der Waals surface area (Å²) in [6.45, 7) is 1.82. The second-order valence-electron chi connectivity index (χ2n) is 3.78. The van der Waals surface area contributed by atoms with Crippen molar-refractivity contribution in [2.45, 2.75) is 31.8 Å². The highest BCUT2D eigenvalue weighted by atomic mass is 16.5. The maximum Gasteiger partial charge on any atom is 0.0628 e. The van der Waals surface area contributed by atoms with Gasteiger partial charge in [0.2, 0.25) is 0 Å². The molecule has 2 rings (SSSR count). The van der Waals surface area contributed by atoms with Crippen molar-refractivity contribution in [3.05, 3.63) is 0 Å². The van der Waals surface area contributed by atoms with Crippen LogP contribution in [-0.2, 0) is 4.74 Å². The molecular weight excluding hydrogens is 138 g/mol. The van der Waals surface area contributed by atoms with Crippen LogP contribution in [0.1, 0.15) is 25.7 Å². The van der Waals surface area contributed by atoms with Crippen molar-refractivity contribution >= 4 is 0 Å². The Hall–Kier alpha value is -0.0800. The largest absolute Gasteiger partial charge is 0.378 e. The van der Waals surface area contributed by atoms with E-state index >= 15 is 0 Å². The van der Waals surface area contributed by atoms with Crippen molar-refractivity contribution in [1.82, 2.24) is 0 Å². The van der Waals surface area contributed by atoms with Crippen LogP contribution in [0, 0.1) is 11.8 Å². The summed E-state index contributed by atoms with van der Waals surface area (Å²) >= 11 is 0. The van der Waals surface area contributed by atoms with Crippen LogP contribution in [0.2, 0.25) is 0 Å². The van der Waals surface area contributed by atoms with Gasteiger partial charge in [-0.25, -0.2) is 0 Å². The summed E-state index contributed by atoms with van der Waals surface area (Å²) in [5.41, 5.74) is 5.56. The molecule has 0 aromatic carbocycles. The molecule has 2 N–H and O–H groups in total. The molecular formula is C9H17NO. The summed E-state index contributed by atoms with van der Waals surface area (Å²) in [6.07, 6.45) is 5.87. The van der Waals surface area contributed by atoms with Crippen LogP contribution in [0.15, 0.2) is 0 Å². The monoisotopic (exact) mass is 155 g/mol. The van der Waals surface area contributed by atoms with Crippen molar-refractivity contribution < 1.29 is 4.74 Å². The fraction of sp³-hybridized carbons (Fsp3) is 1.00. The highest BCUT2D eigenvalue weighted by Gasteiger charge is 2.38. The van der Waals surface area contributed by atoms with Crippen LogP contribution in [0.3, 0.4) is 0 Å². The average molecular weight is 155 g/mol. The first-order valence-corrected chi connectivity index (χ1v) is 4.73. The van der Waals surface area contributed by atoms with Crippen LogP contribution in [-0.4, -0.2) is 19.3 Å². The minimum atomic E-state index is 0.575. The molecule has 2 aliphatic rings. The molecule has 0 amide bonds. The van der Waals surface area contributed by atoms with Crippen LogP contribution >= 0.6 is 0 Å². The molecule has 0 aromatic rings. The quantitative estimate of drug-likeness (QED) is 0.661. The molecule has 0 spiro atoms. The van der Waals surface area contributed by atoms with Crippen LogP contribution in [0.5, 0.6) is 0 Å². The fourth-order valence-corrected chi connectivity index (χ4v) is 2.03. The Bertz CT molecular complexity index is 130. The van der Waals surface area contributed by atoms with Gasteiger partial charge in [-0.3, -0.25) is 0 Å². The number of nitrogens with two attached hydrogens (primary N) is 1. The summed E-state index contributed by atoms with van der Waals surface area (Å²) in [6, 6.07) is 0. The molecule has 2 heteroatoms. The topological polar surface area (TPSA) is 35.2 Å². The van der Waals surface area contributed by atoms with Gasteiger partial charge >= 0.3 is 0 Å². The standard InChI is InChI=1S/C9H17NO/c10-5-3-8(7-1-2-7)9-4-6-11-9/h7-9H,1-6,10H2. The van der Waals surface area contributed by atoms with Gasteiger partial charge in [-0.15, -0.1) is 0 Å². The van der Waals surface area contributed by atoms with E-state index < -0.39 is 0 Å². The minimum absolute atomic E-state index is 0.575. The molecule has 2 atom stereocenters. The first-order chi connectivity index (χ1) is 5.42. The van der Waals surface area contributed by atoms with Crippen LogP contribution < -0.4 is 5.73 Å². The van der Waals surface area contributed by atoms with Crippen molar-refractivity contribution in [1.29, 1.82) is 0 Å². The van der Waals surface area contributed by atoms with Crippen molar-refractivity contribution in [2.24, 2.45) is 17.6 Å². The number of hydrogen-bond acceptors (Lipinski definition) is 2. The highest BCUT2D eigenvalue weighted by molar-refractivity contribution is 4.88.